The molecule has 13 heavy (non-hydrogen) atoms. The summed E-state index contributed by atoms with van der Waals surface area (Å²) in [6.07, 6.45) is 0. The molecule has 5 heteroatoms. The minimum atomic E-state index is -2.94. The monoisotopic (exact) mass is 222 g/mol. The van der Waals surface area contributed by atoms with Crippen LogP contribution in [0.15, 0.2) is 24.3 Å². The molecule has 0 radical (unpaired) electrons. The highest BCUT2D eigenvalue weighted by molar-refractivity contribution is 7.99. The molecule has 0 saturated heterocycles. The van der Waals surface area contributed by atoms with E-state index in [0.717, 1.165) is 5.56 Å². The van der Waals surface area contributed by atoms with Crippen LogP contribution in [0.25, 0.3) is 0 Å². The molecule has 1 aromatic carbocycles. The van der Waals surface area contributed by atoms with E-state index in [9.17, 15) is 8.78 Å². The maximum absolute atomic E-state index is 12.3. The summed E-state index contributed by atoms with van der Waals surface area (Å²) in [5, 5.41) is 0. The minimum absolute atomic E-state index is 0.125. The molecule has 0 amide bonds. The van der Waals surface area contributed by atoms with Crippen molar-refractivity contribution in [1.29, 1.82) is 0 Å². The lowest BCUT2D eigenvalue weighted by molar-refractivity contribution is 0.204. The normalized spacial score (nSPS) is 11.4. The lowest BCUT2D eigenvalue weighted by atomic mass is 10.2. The number of hydrogen-bond acceptors (Lipinski definition) is 2. The van der Waals surface area contributed by atoms with Crippen molar-refractivity contribution in [1.82, 2.24) is 0 Å². The van der Waals surface area contributed by atoms with E-state index in [-0.39, 0.29) is 12.0 Å². The second kappa shape index (κ2) is 4.25. The molecule has 0 bridgehead atoms. The van der Waals surface area contributed by atoms with Crippen molar-refractivity contribution in [3.63, 3.8) is 0 Å². The topological polar surface area (TPSA) is 9.23 Å². The third-order valence-corrected chi connectivity index (χ3v) is 2.03. The maximum Gasteiger partial charge on any atom is 0.338 e. The molecule has 1 atom stereocenters. The minimum Gasteiger partial charge on any atom is -0.419 e. The van der Waals surface area contributed by atoms with Gasteiger partial charge in [-0.2, -0.15) is 8.78 Å². The Hall–Kier alpha value is -0.340. The first-order valence-electron chi connectivity index (χ1n) is 3.56. The van der Waals surface area contributed by atoms with E-state index in [1.807, 2.05) is 13.0 Å². The van der Waals surface area contributed by atoms with Crippen molar-refractivity contribution in [2.45, 2.75) is 11.9 Å². The van der Waals surface area contributed by atoms with Gasteiger partial charge >= 0.3 is 5.00 Å². The summed E-state index contributed by atoms with van der Waals surface area (Å²) in [4.78, 5) is -2.94. The fourth-order valence-electron chi connectivity index (χ4n) is 0.771. The van der Waals surface area contributed by atoms with Gasteiger partial charge in [0.25, 0.3) is 0 Å². The van der Waals surface area contributed by atoms with E-state index < -0.39 is 5.00 Å². The number of benzene rings is 1. The highest BCUT2D eigenvalue weighted by Crippen LogP contribution is 2.36. The Labute approximate surface area is 82.3 Å². The van der Waals surface area contributed by atoms with Crippen molar-refractivity contribution in [3.05, 3.63) is 29.8 Å². The molecule has 0 heterocycles. The Morgan fingerprint density at radius 3 is 2.69 bits per heavy atom. The van der Waals surface area contributed by atoms with Crippen LogP contribution in [0.5, 0.6) is 5.75 Å². The van der Waals surface area contributed by atoms with Gasteiger partial charge in [-0.25, -0.2) is 0 Å². The van der Waals surface area contributed by atoms with Gasteiger partial charge in [-0.1, -0.05) is 12.1 Å². The molecule has 0 spiro atoms. The average molecular weight is 222 g/mol. The van der Waals surface area contributed by atoms with Gasteiger partial charge in [0, 0.05) is 0 Å². The number of halogens is 2. The Morgan fingerprint density at radius 2 is 2.15 bits per heavy atom. The van der Waals surface area contributed by atoms with Crippen molar-refractivity contribution in [2.24, 2.45) is 0 Å². The first kappa shape index (κ1) is 10.7. The molecule has 0 fully saturated rings. The van der Waals surface area contributed by atoms with Crippen molar-refractivity contribution < 1.29 is 13.0 Å². The Kier molecular flexibility index (Phi) is 3.51. The first-order valence-corrected chi connectivity index (χ1v) is 4.88. The molecule has 1 rings (SSSR count). The average Bonchev–Trinajstić information content (AvgIpc) is 2.00. The van der Waals surface area contributed by atoms with E-state index in [1.54, 1.807) is 18.2 Å². The summed E-state index contributed by atoms with van der Waals surface area (Å²) in [5.74, 6) is 0.437. The summed E-state index contributed by atoms with van der Waals surface area (Å²) >= 11 is 0.125. The molecule has 0 N–H and O–H groups in total. The summed E-state index contributed by atoms with van der Waals surface area (Å²) in [7, 11) is 1.40. The number of alkyl halides is 2. The van der Waals surface area contributed by atoms with Crippen LogP contribution in [-0.4, -0.2) is 5.00 Å². The third-order valence-electron chi connectivity index (χ3n) is 1.24. The second-order valence-electron chi connectivity index (χ2n) is 2.54. The van der Waals surface area contributed by atoms with Gasteiger partial charge in [0.15, 0.2) is 0 Å². The molecule has 72 valence electrons. The zero-order chi connectivity index (χ0) is 9.90. The lowest BCUT2D eigenvalue weighted by Crippen LogP contribution is -1.99. The van der Waals surface area contributed by atoms with Crippen LogP contribution in [0.4, 0.5) is 8.78 Å². The van der Waals surface area contributed by atoms with Gasteiger partial charge in [0.1, 0.15) is 17.8 Å². The highest BCUT2D eigenvalue weighted by atomic mass is 32.2. The van der Waals surface area contributed by atoms with Gasteiger partial charge in [0.05, 0.1) is 0 Å². The SMILES string of the molecule is Cc1cccc(OSC(F)(F)P)c1. The number of rotatable bonds is 3. The molecule has 0 aliphatic rings. The van der Waals surface area contributed by atoms with Gasteiger partial charge in [-0.05, 0) is 33.9 Å². The van der Waals surface area contributed by atoms with E-state index in [2.05, 4.69) is 0 Å². The van der Waals surface area contributed by atoms with Crippen LogP contribution in [-0.2, 0) is 0 Å². The molecular weight excluding hydrogens is 213 g/mol. The van der Waals surface area contributed by atoms with E-state index >= 15 is 0 Å². The molecule has 1 nitrogen and oxygen atoms in total. The number of hydrogen-bond donors (Lipinski definition) is 0. The molecule has 1 unspecified atom stereocenters. The van der Waals surface area contributed by atoms with Crippen LogP contribution in [0, 0.1) is 6.92 Å². The molecule has 1 aromatic rings. The van der Waals surface area contributed by atoms with Crippen LogP contribution < -0.4 is 4.18 Å². The fourth-order valence-corrected chi connectivity index (χ4v) is 1.23. The second-order valence-corrected chi connectivity index (χ2v) is 4.57. The molecule has 0 saturated carbocycles. The van der Waals surface area contributed by atoms with Gasteiger partial charge in [-0.15, -0.1) is 0 Å². The van der Waals surface area contributed by atoms with Crippen LogP contribution in [0.2, 0.25) is 0 Å². The van der Waals surface area contributed by atoms with Crippen LogP contribution in [0.1, 0.15) is 5.56 Å². The summed E-state index contributed by atoms with van der Waals surface area (Å²) in [5.41, 5.74) is 0.977. The first-order chi connectivity index (χ1) is 5.97. The van der Waals surface area contributed by atoms with Crippen molar-refractivity contribution in [2.75, 3.05) is 0 Å². The standard InChI is InChI=1S/C8H9F2OPS/c1-6-3-2-4-7(5-6)11-13-8(9,10)12/h2-5H,12H2,1H3. The van der Waals surface area contributed by atoms with E-state index in [4.69, 9.17) is 4.18 Å². The summed E-state index contributed by atoms with van der Waals surface area (Å²) < 4.78 is 29.4. The Balaban J connectivity index is 2.55. The summed E-state index contributed by atoms with van der Waals surface area (Å²) in [6, 6.07) is 6.96. The lowest BCUT2D eigenvalue weighted by Gasteiger charge is -2.09. The molecule has 0 aliphatic heterocycles. The van der Waals surface area contributed by atoms with Gasteiger partial charge < -0.3 is 4.18 Å². The fraction of sp³-hybridized carbons (Fsp3) is 0.250. The van der Waals surface area contributed by atoms with Crippen molar-refractivity contribution >= 4 is 21.3 Å². The predicted molar refractivity (Wildman–Crippen MR) is 54.1 cm³/mol. The smallest absolute Gasteiger partial charge is 0.338 e. The molecule has 0 aliphatic carbocycles. The largest absolute Gasteiger partial charge is 0.419 e. The van der Waals surface area contributed by atoms with Gasteiger partial charge in [0.2, 0.25) is 0 Å². The zero-order valence-electron chi connectivity index (χ0n) is 6.96. The molecular formula is C8H9F2OPS. The van der Waals surface area contributed by atoms with E-state index in [1.165, 1.54) is 9.24 Å². The molecule has 0 aromatic heterocycles. The van der Waals surface area contributed by atoms with Crippen molar-refractivity contribution in [3.8, 4) is 5.75 Å². The quantitative estimate of drug-likeness (QED) is 0.572. The maximum atomic E-state index is 12.3. The zero-order valence-corrected chi connectivity index (χ0v) is 8.93. The van der Waals surface area contributed by atoms with Crippen LogP contribution in [0.3, 0.4) is 0 Å². The predicted octanol–water partition coefficient (Wildman–Crippen LogP) is 3.45. The third kappa shape index (κ3) is 4.44. The Bertz CT molecular complexity index is 288. The summed E-state index contributed by atoms with van der Waals surface area (Å²) in [6.45, 7) is 1.87. The highest BCUT2D eigenvalue weighted by Gasteiger charge is 2.24. The van der Waals surface area contributed by atoms with Gasteiger partial charge in [-0.3, -0.25) is 0 Å². The Morgan fingerprint density at radius 1 is 1.46 bits per heavy atom. The van der Waals surface area contributed by atoms with E-state index in [0.29, 0.717) is 5.75 Å². The number of aryl methyl sites for hydroxylation is 1. The van der Waals surface area contributed by atoms with Crippen LogP contribution >= 0.6 is 21.3 Å².